The van der Waals surface area contributed by atoms with Crippen LogP contribution in [0.1, 0.15) is 25.5 Å². The molecule has 2 N–H and O–H groups in total. The van der Waals surface area contributed by atoms with E-state index >= 15 is 0 Å². The van der Waals surface area contributed by atoms with Gasteiger partial charge in [-0.2, -0.15) is 0 Å². The summed E-state index contributed by atoms with van der Waals surface area (Å²) in [7, 11) is 1.90. The molecule has 2 unspecified atom stereocenters. The molecule has 0 aromatic carbocycles. The predicted molar refractivity (Wildman–Crippen MR) is 90.5 cm³/mol. The molecule has 2 heterocycles. The van der Waals surface area contributed by atoms with Crippen molar-refractivity contribution in [3.8, 4) is 0 Å². The minimum absolute atomic E-state index is 0.102. The third-order valence-electron chi connectivity index (χ3n) is 3.84. The summed E-state index contributed by atoms with van der Waals surface area (Å²) in [6.07, 6.45) is 2.09. The number of thioether (sulfide) groups is 1. The van der Waals surface area contributed by atoms with E-state index in [1.807, 2.05) is 11.9 Å². The van der Waals surface area contributed by atoms with Crippen LogP contribution in [0, 0.1) is 6.92 Å². The molecule has 1 aliphatic heterocycles. The minimum Gasteiger partial charge on any atom is -0.360 e. The van der Waals surface area contributed by atoms with Gasteiger partial charge >= 0.3 is 0 Å². The highest BCUT2D eigenvalue weighted by Gasteiger charge is 2.28. The lowest BCUT2D eigenvalue weighted by molar-refractivity contribution is -0.129. The van der Waals surface area contributed by atoms with E-state index in [9.17, 15) is 9.59 Å². The highest BCUT2D eigenvalue weighted by Crippen LogP contribution is 2.20. The van der Waals surface area contributed by atoms with E-state index in [4.69, 9.17) is 4.52 Å². The number of hydrogen-bond acceptors (Lipinski definition) is 6. The number of anilines is 1. The number of likely N-dealkylation sites (N-methyl/N-ethyl adjacent to an activating group) is 1. The van der Waals surface area contributed by atoms with Gasteiger partial charge < -0.3 is 20.1 Å². The summed E-state index contributed by atoms with van der Waals surface area (Å²) in [6.45, 7) is 5.18. The molecule has 1 aromatic rings. The Morgan fingerprint density at radius 3 is 3.00 bits per heavy atom. The molecule has 2 rings (SSSR count). The van der Waals surface area contributed by atoms with Crippen LogP contribution in [0.5, 0.6) is 0 Å². The molecule has 128 valence electrons. The molecule has 7 nitrogen and oxygen atoms in total. The Labute approximate surface area is 140 Å². The lowest BCUT2D eigenvalue weighted by Crippen LogP contribution is -2.42. The first-order valence-corrected chi connectivity index (χ1v) is 8.86. The number of amides is 2. The topological polar surface area (TPSA) is 87.5 Å². The highest BCUT2D eigenvalue weighted by molar-refractivity contribution is 8.01. The standard InChI is InChI=1S/C15H24N4O3S/c1-10-7-13(18-22-10)17-15(21)11(2)23-9-14(20)19-6-4-5-12(19)8-16-3/h7,11-12,16H,4-6,8-9H2,1-3H3,(H,17,18,21). The summed E-state index contributed by atoms with van der Waals surface area (Å²) in [4.78, 5) is 26.3. The summed E-state index contributed by atoms with van der Waals surface area (Å²) < 4.78 is 4.91. The van der Waals surface area contributed by atoms with Gasteiger partial charge in [0.15, 0.2) is 5.82 Å². The molecule has 1 fully saturated rings. The maximum atomic E-state index is 12.3. The van der Waals surface area contributed by atoms with Crippen LogP contribution in [0.25, 0.3) is 0 Å². The molecule has 2 atom stereocenters. The van der Waals surface area contributed by atoms with Crippen LogP contribution >= 0.6 is 11.8 Å². The third kappa shape index (κ3) is 4.97. The van der Waals surface area contributed by atoms with Crippen LogP contribution in [-0.2, 0) is 9.59 Å². The van der Waals surface area contributed by atoms with Crippen LogP contribution in [0.3, 0.4) is 0 Å². The zero-order chi connectivity index (χ0) is 16.8. The summed E-state index contributed by atoms with van der Waals surface area (Å²) in [5.41, 5.74) is 0. The first-order valence-electron chi connectivity index (χ1n) is 7.81. The maximum Gasteiger partial charge on any atom is 0.238 e. The second-order valence-corrected chi connectivity index (χ2v) is 7.04. The summed E-state index contributed by atoms with van der Waals surface area (Å²) in [5, 5.41) is 9.21. The third-order valence-corrected chi connectivity index (χ3v) is 4.97. The van der Waals surface area contributed by atoms with Gasteiger partial charge in [-0.15, -0.1) is 11.8 Å². The van der Waals surface area contributed by atoms with Crippen molar-refractivity contribution in [3.63, 3.8) is 0 Å². The fraction of sp³-hybridized carbons (Fsp3) is 0.667. The average Bonchev–Trinajstić information content (AvgIpc) is 3.14. The van der Waals surface area contributed by atoms with Crippen LogP contribution in [-0.4, -0.2) is 59.1 Å². The smallest absolute Gasteiger partial charge is 0.238 e. The summed E-state index contributed by atoms with van der Waals surface area (Å²) in [6, 6.07) is 1.93. The first kappa shape index (κ1) is 17.8. The number of aromatic nitrogens is 1. The SMILES string of the molecule is CNCC1CCCN1C(=O)CSC(C)C(=O)Nc1cc(C)on1. The fourth-order valence-corrected chi connectivity index (χ4v) is 3.39. The Bertz CT molecular complexity index is 549. The van der Waals surface area contributed by atoms with Gasteiger partial charge in [-0.25, -0.2) is 0 Å². The zero-order valence-corrected chi connectivity index (χ0v) is 14.6. The molecular weight excluding hydrogens is 316 g/mol. The van der Waals surface area contributed by atoms with E-state index < -0.39 is 0 Å². The van der Waals surface area contributed by atoms with Crippen molar-refractivity contribution in [2.45, 2.75) is 38.0 Å². The lowest BCUT2D eigenvalue weighted by Gasteiger charge is -2.24. The van der Waals surface area contributed by atoms with Crippen LogP contribution in [0.4, 0.5) is 5.82 Å². The Kier molecular flexibility index (Phi) is 6.47. The van der Waals surface area contributed by atoms with Crippen molar-refractivity contribution >= 4 is 29.4 Å². The predicted octanol–water partition coefficient (Wildman–Crippen LogP) is 1.25. The lowest BCUT2D eigenvalue weighted by atomic mass is 10.2. The van der Waals surface area contributed by atoms with E-state index in [1.165, 1.54) is 11.8 Å². The number of likely N-dealkylation sites (tertiary alicyclic amines) is 1. The van der Waals surface area contributed by atoms with Gasteiger partial charge in [-0.05, 0) is 33.7 Å². The number of carbonyl (C=O) groups is 2. The number of nitrogens with one attached hydrogen (secondary N) is 2. The molecule has 23 heavy (non-hydrogen) atoms. The van der Waals surface area contributed by atoms with Crippen LogP contribution in [0.2, 0.25) is 0 Å². The van der Waals surface area contributed by atoms with Crippen molar-refractivity contribution < 1.29 is 14.1 Å². The molecule has 1 aliphatic rings. The largest absolute Gasteiger partial charge is 0.360 e. The van der Waals surface area contributed by atoms with Gasteiger partial charge in [0.25, 0.3) is 0 Å². The molecular formula is C15H24N4O3S. The Hall–Kier alpha value is -1.54. The fourth-order valence-electron chi connectivity index (χ4n) is 2.62. The van der Waals surface area contributed by atoms with Gasteiger partial charge in [-0.3, -0.25) is 9.59 Å². The normalized spacial score (nSPS) is 18.9. The van der Waals surface area contributed by atoms with E-state index in [0.29, 0.717) is 17.3 Å². The van der Waals surface area contributed by atoms with E-state index in [0.717, 1.165) is 25.9 Å². The summed E-state index contributed by atoms with van der Waals surface area (Å²) >= 11 is 1.34. The quantitative estimate of drug-likeness (QED) is 0.777. The Morgan fingerprint density at radius 1 is 1.57 bits per heavy atom. The van der Waals surface area contributed by atoms with E-state index in [-0.39, 0.29) is 23.1 Å². The van der Waals surface area contributed by atoms with Crippen molar-refractivity contribution in [1.29, 1.82) is 0 Å². The van der Waals surface area contributed by atoms with E-state index in [2.05, 4.69) is 15.8 Å². The number of rotatable bonds is 7. The second kappa shape index (κ2) is 8.35. The highest BCUT2D eigenvalue weighted by atomic mass is 32.2. The van der Waals surface area contributed by atoms with Crippen LogP contribution < -0.4 is 10.6 Å². The number of nitrogens with zero attached hydrogens (tertiary/aromatic N) is 2. The van der Waals surface area contributed by atoms with E-state index in [1.54, 1.807) is 19.9 Å². The first-order chi connectivity index (χ1) is 11.0. The number of hydrogen-bond donors (Lipinski definition) is 2. The molecule has 0 aliphatic carbocycles. The number of aryl methyl sites for hydroxylation is 1. The molecule has 1 aromatic heterocycles. The summed E-state index contributed by atoms with van der Waals surface area (Å²) in [5.74, 6) is 1.28. The Balaban J connectivity index is 1.77. The zero-order valence-electron chi connectivity index (χ0n) is 13.8. The molecule has 0 spiro atoms. The van der Waals surface area contributed by atoms with Gasteiger partial charge in [0, 0.05) is 25.2 Å². The second-order valence-electron chi connectivity index (χ2n) is 5.71. The average molecular weight is 340 g/mol. The minimum atomic E-state index is -0.332. The van der Waals surface area contributed by atoms with Crippen molar-refractivity contribution in [2.75, 3.05) is 31.2 Å². The Morgan fingerprint density at radius 2 is 2.35 bits per heavy atom. The van der Waals surface area contributed by atoms with Gasteiger partial charge in [0.2, 0.25) is 11.8 Å². The van der Waals surface area contributed by atoms with Gasteiger partial charge in [-0.1, -0.05) is 5.16 Å². The van der Waals surface area contributed by atoms with Gasteiger partial charge in [0.05, 0.1) is 11.0 Å². The number of carbonyl (C=O) groups excluding carboxylic acids is 2. The maximum absolute atomic E-state index is 12.3. The molecule has 2 amide bonds. The molecule has 1 saturated heterocycles. The molecule has 0 radical (unpaired) electrons. The van der Waals surface area contributed by atoms with Crippen molar-refractivity contribution in [3.05, 3.63) is 11.8 Å². The van der Waals surface area contributed by atoms with Gasteiger partial charge in [0.1, 0.15) is 5.76 Å². The van der Waals surface area contributed by atoms with Crippen molar-refractivity contribution in [2.24, 2.45) is 0 Å². The molecule has 0 saturated carbocycles. The monoisotopic (exact) mass is 340 g/mol. The van der Waals surface area contributed by atoms with Crippen molar-refractivity contribution in [1.82, 2.24) is 15.4 Å². The molecule has 8 heteroatoms. The molecule has 0 bridgehead atoms. The van der Waals surface area contributed by atoms with Crippen LogP contribution in [0.15, 0.2) is 10.6 Å².